The van der Waals surface area contributed by atoms with E-state index in [0.29, 0.717) is 29.8 Å². The fourth-order valence-electron chi connectivity index (χ4n) is 2.37. The van der Waals surface area contributed by atoms with E-state index >= 15 is 0 Å². The third-order valence-corrected chi connectivity index (χ3v) is 4.00. The first kappa shape index (κ1) is 18.9. The molecule has 0 aliphatic heterocycles. The molecule has 3 rings (SSSR count). The van der Waals surface area contributed by atoms with E-state index < -0.39 is 0 Å². The van der Waals surface area contributed by atoms with Gasteiger partial charge in [-0.2, -0.15) is 4.98 Å². The highest BCUT2D eigenvalue weighted by Crippen LogP contribution is 2.20. The van der Waals surface area contributed by atoms with Gasteiger partial charge < -0.3 is 14.0 Å². The molecule has 0 saturated carbocycles. The van der Waals surface area contributed by atoms with Crippen LogP contribution >= 0.6 is 11.6 Å². The molecule has 0 aliphatic rings. The monoisotopic (exact) mass is 386 g/mol. The lowest BCUT2D eigenvalue weighted by Gasteiger charge is -2.04. The lowest BCUT2D eigenvalue weighted by molar-refractivity contribution is -0.145. The van der Waals surface area contributed by atoms with Crippen LogP contribution < -0.4 is 4.74 Å². The zero-order chi connectivity index (χ0) is 19.1. The number of benzene rings is 2. The molecule has 1 heterocycles. The number of carbonyl (C=O) groups excluding carboxylic acids is 1. The Labute approximate surface area is 162 Å². The molecule has 3 aromatic rings. The number of rotatable bonds is 8. The summed E-state index contributed by atoms with van der Waals surface area (Å²) in [4.78, 5) is 16.2. The molecular formula is C20H19ClN2O4. The van der Waals surface area contributed by atoms with Gasteiger partial charge in [0, 0.05) is 17.0 Å². The largest absolute Gasteiger partial charge is 0.494 e. The first-order chi connectivity index (χ1) is 13.1. The summed E-state index contributed by atoms with van der Waals surface area (Å²) >= 11 is 5.82. The molecule has 6 nitrogen and oxygen atoms in total. The van der Waals surface area contributed by atoms with Crippen LogP contribution in [0, 0.1) is 0 Å². The third kappa shape index (κ3) is 5.56. The van der Waals surface area contributed by atoms with E-state index in [1.165, 1.54) is 0 Å². The molecule has 27 heavy (non-hydrogen) atoms. The number of hydrogen-bond donors (Lipinski definition) is 0. The molecular weight excluding hydrogens is 368 g/mol. The molecule has 0 saturated heterocycles. The van der Waals surface area contributed by atoms with Crippen LogP contribution in [0.5, 0.6) is 5.75 Å². The summed E-state index contributed by atoms with van der Waals surface area (Å²) in [5.41, 5.74) is 1.70. The Bertz CT molecular complexity index is 876. The lowest BCUT2D eigenvalue weighted by atomic mass is 10.2. The summed E-state index contributed by atoms with van der Waals surface area (Å²) in [6.07, 6.45) is 0.488. The summed E-state index contributed by atoms with van der Waals surface area (Å²) in [5.74, 6) is 1.32. The van der Waals surface area contributed by atoms with Crippen LogP contribution in [0.2, 0.25) is 5.02 Å². The smallest absolute Gasteiger partial charge is 0.306 e. The maximum Gasteiger partial charge on any atom is 0.306 e. The minimum atomic E-state index is -0.328. The van der Waals surface area contributed by atoms with Crippen molar-refractivity contribution in [3.63, 3.8) is 0 Å². The van der Waals surface area contributed by atoms with Gasteiger partial charge in [0.15, 0.2) is 0 Å². The molecule has 7 heteroatoms. The van der Waals surface area contributed by atoms with Gasteiger partial charge in [-0.15, -0.1) is 0 Å². The highest BCUT2D eigenvalue weighted by Gasteiger charge is 2.12. The number of ether oxygens (including phenoxy) is 2. The molecule has 0 aliphatic carbocycles. The van der Waals surface area contributed by atoms with Gasteiger partial charge in [-0.1, -0.05) is 28.9 Å². The lowest BCUT2D eigenvalue weighted by Crippen LogP contribution is -2.06. The van der Waals surface area contributed by atoms with Crippen molar-refractivity contribution in [2.24, 2.45) is 0 Å². The SMILES string of the molecule is CCOc1ccc(-c2noc(CCC(=O)OCc3ccc(Cl)cc3)n2)cc1. The number of aromatic nitrogens is 2. The van der Waals surface area contributed by atoms with Crippen molar-refractivity contribution in [2.75, 3.05) is 6.61 Å². The van der Waals surface area contributed by atoms with Gasteiger partial charge in [0.1, 0.15) is 12.4 Å². The molecule has 2 aromatic carbocycles. The molecule has 1 aromatic heterocycles. The molecule has 0 fully saturated rings. The van der Waals surface area contributed by atoms with Crippen molar-refractivity contribution in [1.29, 1.82) is 0 Å². The van der Waals surface area contributed by atoms with Crippen molar-refractivity contribution >= 4 is 17.6 Å². The standard InChI is InChI=1S/C20H19ClN2O4/c1-2-25-17-9-5-15(6-10-17)20-22-18(27-23-20)11-12-19(24)26-13-14-3-7-16(21)8-4-14/h3-10H,2,11-13H2,1H3. The zero-order valence-corrected chi connectivity index (χ0v) is 15.6. The Morgan fingerprint density at radius 3 is 2.56 bits per heavy atom. The first-order valence-corrected chi connectivity index (χ1v) is 8.97. The highest BCUT2D eigenvalue weighted by molar-refractivity contribution is 6.30. The second-order valence-electron chi connectivity index (χ2n) is 5.76. The van der Waals surface area contributed by atoms with Gasteiger partial charge >= 0.3 is 5.97 Å². The van der Waals surface area contributed by atoms with Crippen LogP contribution in [0.1, 0.15) is 24.8 Å². The molecule has 0 N–H and O–H groups in total. The number of nitrogens with zero attached hydrogens (tertiary/aromatic N) is 2. The second kappa shape index (κ2) is 9.19. The molecule has 140 valence electrons. The summed E-state index contributed by atoms with van der Waals surface area (Å²) in [5, 5.41) is 4.59. The van der Waals surface area contributed by atoms with Crippen molar-refractivity contribution < 1.29 is 18.8 Å². The van der Waals surface area contributed by atoms with Crippen molar-refractivity contribution in [3.05, 3.63) is 65.0 Å². The van der Waals surface area contributed by atoms with E-state index in [9.17, 15) is 4.79 Å². The quantitative estimate of drug-likeness (QED) is 0.532. The Hall–Kier alpha value is -2.86. The normalized spacial score (nSPS) is 10.6. The topological polar surface area (TPSA) is 74.5 Å². The molecule has 0 radical (unpaired) electrons. The van der Waals surface area contributed by atoms with Gasteiger partial charge in [0.05, 0.1) is 13.0 Å². The minimum absolute atomic E-state index is 0.165. The van der Waals surface area contributed by atoms with Crippen LogP contribution in [0.4, 0.5) is 0 Å². The van der Waals surface area contributed by atoms with Gasteiger partial charge in [-0.3, -0.25) is 4.79 Å². The van der Waals surface area contributed by atoms with E-state index in [2.05, 4.69) is 10.1 Å². The Kier molecular flexibility index (Phi) is 6.44. The second-order valence-corrected chi connectivity index (χ2v) is 6.19. The first-order valence-electron chi connectivity index (χ1n) is 8.60. The van der Waals surface area contributed by atoms with Gasteiger partial charge in [-0.05, 0) is 48.9 Å². The van der Waals surface area contributed by atoms with Crippen LogP contribution in [0.25, 0.3) is 11.4 Å². The van der Waals surface area contributed by atoms with Crippen LogP contribution in [-0.4, -0.2) is 22.7 Å². The highest BCUT2D eigenvalue weighted by atomic mass is 35.5. The van der Waals surface area contributed by atoms with Gasteiger partial charge in [-0.25, -0.2) is 0 Å². The van der Waals surface area contributed by atoms with E-state index in [4.69, 9.17) is 25.6 Å². The van der Waals surface area contributed by atoms with E-state index in [-0.39, 0.29) is 19.0 Å². The number of hydrogen-bond acceptors (Lipinski definition) is 6. The molecule has 0 amide bonds. The van der Waals surface area contributed by atoms with Crippen molar-refractivity contribution in [3.8, 4) is 17.1 Å². The Morgan fingerprint density at radius 2 is 1.85 bits per heavy atom. The number of carbonyl (C=O) groups is 1. The number of esters is 1. The van der Waals surface area contributed by atoms with Crippen LogP contribution in [0.3, 0.4) is 0 Å². The Balaban J connectivity index is 1.48. The summed E-state index contributed by atoms with van der Waals surface area (Å²) in [7, 11) is 0. The van der Waals surface area contributed by atoms with E-state index in [1.54, 1.807) is 12.1 Å². The van der Waals surface area contributed by atoms with Crippen LogP contribution in [-0.2, 0) is 22.6 Å². The maximum atomic E-state index is 11.9. The van der Waals surface area contributed by atoms with Gasteiger partial charge in [0.25, 0.3) is 0 Å². The van der Waals surface area contributed by atoms with Crippen molar-refractivity contribution in [2.45, 2.75) is 26.4 Å². The maximum absolute atomic E-state index is 11.9. The predicted molar refractivity (Wildman–Crippen MR) is 100 cm³/mol. The van der Waals surface area contributed by atoms with Gasteiger partial charge in [0.2, 0.25) is 11.7 Å². The number of halogens is 1. The van der Waals surface area contributed by atoms with E-state index in [1.807, 2.05) is 43.3 Å². The molecule has 0 atom stereocenters. The van der Waals surface area contributed by atoms with E-state index in [0.717, 1.165) is 16.9 Å². The third-order valence-electron chi connectivity index (χ3n) is 3.75. The summed E-state index contributed by atoms with van der Waals surface area (Å²) in [6.45, 7) is 2.75. The molecule has 0 bridgehead atoms. The molecule has 0 spiro atoms. The average molecular weight is 387 g/mol. The number of aryl methyl sites for hydroxylation is 1. The van der Waals surface area contributed by atoms with Crippen LogP contribution in [0.15, 0.2) is 53.1 Å². The molecule has 0 unspecified atom stereocenters. The fraction of sp³-hybridized carbons (Fsp3) is 0.250. The predicted octanol–water partition coefficient (Wildman–Crippen LogP) is 4.46. The Morgan fingerprint density at radius 1 is 1.11 bits per heavy atom. The average Bonchev–Trinajstić information content (AvgIpc) is 3.16. The minimum Gasteiger partial charge on any atom is -0.494 e. The van der Waals surface area contributed by atoms with Crippen molar-refractivity contribution in [1.82, 2.24) is 10.1 Å². The zero-order valence-electron chi connectivity index (χ0n) is 14.9. The summed E-state index contributed by atoms with van der Waals surface area (Å²) in [6, 6.07) is 14.6. The fourth-order valence-corrected chi connectivity index (χ4v) is 2.49. The summed E-state index contributed by atoms with van der Waals surface area (Å²) < 4.78 is 15.8.